The van der Waals surface area contributed by atoms with E-state index in [1.807, 2.05) is 12.4 Å². The third-order valence-corrected chi connectivity index (χ3v) is 3.49. The molecule has 0 radical (unpaired) electrons. The zero-order chi connectivity index (χ0) is 11.8. The Morgan fingerprint density at radius 3 is 3.06 bits per heavy atom. The van der Waals surface area contributed by atoms with E-state index in [-0.39, 0.29) is 0 Å². The lowest BCUT2D eigenvalue weighted by Crippen LogP contribution is -2.19. The first-order valence-corrected chi connectivity index (χ1v) is 6.29. The average molecular weight is 290 g/mol. The summed E-state index contributed by atoms with van der Waals surface area (Å²) < 4.78 is 1.10. The van der Waals surface area contributed by atoms with Gasteiger partial charge in [0.05, 0.1) is 17.6 Å². The van der Waals surface area contributed by atoms with Gasteiger partial charge >= 0.3 is 0 Å². The van der Waals surface area contributed by atoms with Gasteiger partial charge in [-0.25, -0.2) is 0 Å². The van der Waals surface area contributed by atoms with Gasteiger partial charge < -0.3 is 4.90 Å². The number of fused-ring (bicyclic) bond motifs is 1. The summed E-state index contributed by atoms with van der Waals surface area (Å²) in [7, 11) is 0. The highest BCUT2D eigenvalue weighted by Gasteiger charge is 2.19. The number of benzene rings is 1. The van der Waals surface area contributed by atoms with Gasteiger partial charge in [0.2, 0.25) is 0 Å². The molecule has 2 aromatic rings. The van der Waals surface area contributed by atoms with Crippen LogP contribution in [0.3, 0.4) is 0 Å². The molecule has 3 nitrogen and oxygen atoms in total. The van der Waals surface area contributed by atoms with Crippen molar-refractivity contribution < 1.29 is 0 Å². The molecule has 0 fully saturated rings. The first kappa shape index (κ1) is 10.6. The van der Waals surface area contributed by atoms with Gasteiger partial charge in [0.25, 0.3) is 0 Å². The van der Waals surface area contributed by atoms with Crippen molar-refractivity contribution >= 4 is 27.3 Å². The van der Waals surface area contributed by atoms with Gasteiger partial charge in [0.15, 0.2) is 0 Å². The average Bonchev–Trinajstić information content (AvgIpc) is 2.82. The Morgan fingerprint density at radius 1 is 1.41 bits per heavy atom. The summed E-state index contributed by atoms with van der Waals surface area (Å²) in [6, 6.07) is 6.40. The summed E-state index contributed by atoms with van der Waals surface area (Å²) in [5.74, 6) is 0. The van der Waals surface area contributed by atoms with Gasteiger partial charge in [-0.2, -0.15) is 5.10 Å². The summed E-state index contributed by atoms with van der Waals surface area (Å²) in [4.78, 5) is 2.22. The zero-order valence-corrected chi connectivity index (χ0v) is 11.0. The number of allylic oxidation sites excluding steroid dienone is 2. The summed E-state index contributed by atoms with van der Waals surface area (Å²) in [6.07, 6.45) is 6.98. The minimum atomic E-state index is 0.989. The fraction of sp³-hybridized carbons (Fsp3) is 0.154. The molecule has 0 spiro atoms. The molecule has 2 heterocycles. The van der Waals surface area contributed by atoms with E-state index < -0.39 is 0 Å². The highest BCUT2D eigenvalue weighted by Crippen LogP contribution is 2.37. The molecular formula is C13H12BrN3. The second kappa shape index (κ2) is 4.04. The molecule has 4 heteroatoms. The summed E-state index contributed by atoms with van der Waals surface area (Å²) in [5.41, 5.74) is 4.86. The molecule has 1 aliphatic heterocycles. The van der Waals surface area contributed by atoms with Crippen LogP contribution in [-0.2, 0) is 6.42 Å². The SMILES string of the molecule is CC1=CCc2ccc(Br)cc2N1c1cn[nH]c1. The molecule has 0 atom stereocenters. The molecule has 0 bridgehead atoms. The van der Waals surface area contributed by atoms with Crippen LogP contribution in [0.5, 0.6) is 0 Å². The maximum atomic E-state index is 4.02. The molecule has 86 valence electrons. The van der Waals surface area contributed by atoms with Crippen molar-refractivity contribution in [1.29, 1.82) is 0 Å². The van der Waals surface area contributed by atoms with Crippen LogP contribution in [0.15, 0.2) is 46.8 Å². The van der Waals surface area contributed by atoms with E-state index in [9.17, 15) is 0 Å². The number of aromatic nitrogens is 2. The monoisotopic (exact) mass is 289 g/mol. The van der Waals surface area contributed by atoms with E-state index in [1.54, 1.807) is 0 Å². The lowest BCUT2D eigenvalue weighted by atomic mass is 10.0. The Hall–Kier alpha value is -1.55. The van der Waals surface area contributed by atoms with Crippen molar-refractivity contribution in [2.24, 2.45) is 0 Å². The largest absolute Gasteiger partial charge is 0.312 e. The minimum Gasteiger partial charge on any atom is -0.312 e. The Balaban J connectivity index is 2.17. The van der Waals surface area contributed by atoms with Crippen LogP contribution >= 0.6 is 15.9 Å². The van der Waals surface area contributed by atoms with Gasteiger partial charge in [-0.3, -0.25) is 5.10 Å². The van der Waals surface area contributed by atoms with Gasteiger partial charge in [-0.15, -0.1) is 0 Å². The van der Waals surface area contributed by atoms with Crippen molar-refractivity contribution in [3.8, 4) is 0 Å². The minimum absolute atomic E-state index is 0.989. The summed E-state index contributed by atoms with van der Waals surface area (Å²) in [6.45, 7) is 2.12. The number of halogens is 1. The standard InChI is InChI=1S/C13H12BrN3/c1-9-2-3-10-4-5-11(14)6-13(10)17(9)12-7-15-16-8-12/h2,4-8H,3H2,1H3,(H,15,16). The fourth-order valence-corrected chi connectivity index (χ4v) is 2.51. The number of nitrogens with one attached hydrogen (secondary N) is 1. The van der Waals surface area contributed by atoms with E-state index in [0.717, 1.165) is 16.6 Å². The van der Waals surface area contributed by atoms with Crippen LogP contribution in [0, 0.1) is 0 Å². The van der Waals surface area contributed by atoms with Crippen LogP contribution in [-0.4, -0.2) is 10.2 Å². The zero-order valence-electron chi connectivity index (χ0n) is 9.44. The normalized spacial score (nSPS) is 14.5. The molecule has 1 aliphatic rings. The van der Waals surface area contributed by atoms with Crippen molar-refractivity contribution in [2.75, 3.05) is 4.90 Å². The Morgan fingerprint density at radius 2 is 2.29 bits per heavy atom. The van der Waals surface area contributed by atoms with E-state index >= 15 is 0 Å². The quantitative estimate of drug-likeness (QED) is 0.867. The maximum absolute atomic E-state index is 4.02. The first-order chi connectivity index (χ1) is 8.25. The molecule has 0 unspecified atom stereocenters. The topological polar surface area (TPSA) is 31.9 Å². The van der Waals surface area contributed by atoms with Crippen LogP contribution in [0.25, 0.3) is 0 Å². The molecule has 0 amide bonds. The predicted molar refractivity (Wildman–Crippen MR) is 72.3 cm³/mol. The third kappa shape index (κ3) is 1.78. The van der Waals surface area contributed by atoms with Crippen LogP contribution in [0.4, 0.5) is 11.4 Å². The number of rotatable bonds is 1. The highest BCUT2D eigenvalue weighted by atomic mass is 79.9. The van der Waals surface area contributed by atoms with Gasteiger partial charge in [-0.05, 0) is 31.0 Å². The second-order valence-electron chi connectivity index (χ2n) is 4.11. The molecule has 0 saturated heterocycles. The lowest BCUT2D eigenvalue weighted by Gasteiger charge is -2.30. The van der Waals surface area contributed by atoms with Crippen molar-refractivity contribution in [3.63, 3.8) is 0 Å². The van der Waals surface area contributed by atoms with E-state index in [0.29, 0.717) is 0 Å². The maximum Gasteiger partial charge on any atom is 0.0837 e. The predicted octanol–water partition coefficient (Wildman–Crippen LogP) is 3.77. The summed E-state index contributed by atoms with van der Waals surface area (Å²) >= 11 is 3.53. The highest BCUT2D eigenvalue weighted by molar-refractivity contribution is 9.10. The van der Waals surface area contributed by atoms with Crippen LogP contribution in [0.2, 0.25) is 0 Å². The van der Waals surface area contributed by atoms with E-state index in [1.165, 1.54) is 16.9 Å². The number of H-pyrrole nitrogens is 1. The molecule has 0 saturated carbocycles. The van der Waals surface area contributed by atoms with E-state index in [4.69, 9.17) is 0 Å². The smallest absolute Gasteiger partial charge is 0.0837 e. The Kier molecular flexibility index (Phi) is 2.52. The molecule has 0 aliphatic carbocycles. The molecular weight excluding hydrogens is 278 g/mol. The number of aromatic amines is 1. The fourth-order valence-electron chi connectivity index (χ4n) is 2.17. The molecule has 1 aromatic carbocycles. The van der Waals surface area contributed by atoms with Gasteiger partial charge in [0.1, 0.15) is 0 Å². The number of hydrogen-bond donors (Lipinski definition) is 1. The van der Waals surface area contributed by atoms with Gasteiger partial charge in [0, 0.05) is 16.4 Å². The first-order valence-electron chi connectivity index (χ1n) is 5.50. The molecule has 3 rings (SSSR count). The van der Waals surface area contributed by atoms with Crippen LogP contribution < -0.4 is 4.90 Å². The van der Waals surface area contributed by atoms with Crippen molar-refractivity contribution in [1.82, 2.24) is 10.2 Å². The molecule has 1 aromatic heterocycles. The Bertz CT molecular complexity index is 572. The third-order valence-electron chi connectivity index (χ3n) is 3.00. The molecule has 1 N–H and O–H groups in total. The molecule has 17 heavy (non-hydrogen) atoms. The van der Waals surface area contributed by atoms with Gasteiger partial charge in [-0.1, -0.05) is 28.1 Å². The van der Waals surface area contributed by atoms with E-state index in [2.05, 4.69) is 62.2 Å². The Labute approximate surface area is 108 Å². The number of hydrogen-bond acceptors (Lipinski definition) is 2. The lowest BCUT2D eigenvalue weighted by molar-refractivity contribution is 1.05. The second-order valence-corrected chi connectivity index (χ2v) is 5.03. The number of anilines is 2. The van der Waals surface area contributed by atoms with Crippen molar-refractivity contribution in [2.45, 2.75) is 13.3 Å². The summed E-state index contributed by atoms with van der Waals surface area (Å²) in [5, 5.41) is 6.88. The van der Waals surface area contributed by atoms with Crippen molar-refractivity contribution in [3.05, 3.63) is 52.4 Å². The number of nitrogens with zero attached hydrogens (tertiary/aromatic N) is 2. The van der Waals surface area contributed by atoms with Crippen LogP contribution in [0.1, 0.15) is 12.5 Å².